The molecule has 3 N–H and O–H groups in total. The zero-order chi connectivity index (χ0) is 12.0. The Morgan fingerprint density at radius 1 is 1.33 bits per heavy atom. The molecule has 0 aromatic carbocycles. The van der Waals surface area contributed by atoms with Gasteiger partial charge in [-0.1, -0.05) is 34.6 Å². The molecule has 0 saturated carbocycles. The Bertz CT molecular complexity index is 192. The highest BCUT2D eigenvalue weighted by atomic mass is 16.2. The van der Waals surface area contributed by atoms with Gasteiger partial charge in [-0.2, -0.15) is 0 Å². The van der Waals surface area contributed by atoms with Crippen molar-refractivity contribution in [3.63, 3.8) is 0 Å². The van der Waals surface area contributed by atoms with E-state index in [0.717, 1.165) is 13.1 Å². The largest absolute Gasteiger partial charge is 0.293 e. The molecule has 4 nitrogen and oxygen atoms in total. The molecule has 0 aliphatic carbocycles. The lowest BCUT2D eigenvalue weighted by Crippen LogP contribution is -2.52. The van der Waals surface area contributed by atoms with Gasteiger partial charge in [-0.3, -0.25) is 15.1 Å². The van der Waals surface area contributed by atoms with E-state index in [0.29, 0.717) is 5.92 Å². The highest BCUT2D eigenvalue weighted by Crippen LogP contribution is 2.12. The van der Waals surface area contributed by atoms with Crippen LogP contribution in [0.3, 0.4) is 0 Å². The molecular weight excluding hydrogens is 190 g/mol. The van der Waals surface area contributed by atoms with Crippen molar-refractivity contribution in [1.82, 2.24) is 10.3 Å². The number of hydrazine groups is 1. The molecule has 90 valence electrons. The standard InChI is InChI=1S/C11H25N3O/c1-6-14(7-8(2)3)10(9(4)5)11(15)13-12/h8-10H,6-7,12H2,1-5H3,(H,13,15). The van der Waals surface area contributed by atoms with Crippen LogP contribution in [0.15, 0.2) is 0 Å². The Hall–Kier alpha value is -0.610. The summed E-state index contributed by atoms with van der Waals surface area (Å²) in [7, 11) is 0. The van der Waals surface area contributed by atoms with Crippen molar-refractivity contribution in [2.45, 2.75) is 40.7 Å². The van der Waals surface area contributed by atoms with Gasteiger partial charge in [0.25, 0.3) is 5.91 Å². The molecule has 1 amide bonds. The third kappa shape index (κ3) is 4.62. The predicted molar refractivity (Wildman–Crippen MR) is 63.0 cm³/mol. The van der Waals surface area contributed by atoms with Crippen LogP contribution < -0.4 is 11.3 Å². The quantitative estimate of drug-likeness (QED) is 0.394. The van der Waals surface area contributed by atoms with E-state index in [1.165, 1.54) is 0 Å². The summed E-state index contributed by atoms with van der Waals surface area (Å²) < 4.78 is 0. The minimum Gasteiger partial charge on any atom is -0.293 e. The summed E-state index contributed by atoms with van der Waals surface area (Å²) in [4.78, 5) is 13.8. The molecule has 0 aliphatic rings. The summed E-state index contributed by atoms with van der Waals surface area (Å²) in [5, 5.41) is 0. The number of carbonyl (C=O) groups is 1. The Morgan fingerprint density at radius 3 is 2.13 bits per heavy atom. The number of nitrogens with one attached hydrogen (secondary N) is 1. The minimum atomic E-state index is -0.123. The van der Waals surface area contributed by atoms with Crippen molar-refractivity contribution in [2.75, 3.05) is 13.1 Å². The van der Waals surface area contributed by atoms with Crippen LogP contribution in [0.2, 0.25) is 0 Å². The normalized spacial score (nSPS) is 13.7. The van der Waals surface area contributed by atoms with E-state index in [4.69, 9.17) is 5.84 Å². The minimum absolute atomic E-state index is 0.0903. The SMILES string of the molecule is CCN(CC(C)C)C(C(=O)NN)C(C)C. The lowest BCUT2D eigenvalue weighted by Gasteiger charge is -2.33. The molecular formula is C11H25N3O. The number of likely N-dealkylation sites (N-methyl/N-ethyl adjacent to an activating group) is 1. The fourth-order valence-electron chi connectivity index (χ4n) is 1.88. The lowest BCUT2D eigenvalue weighted by atomic mass is 10.0. The second-order valence-corrected chi connectivity index (χ2v) is 4.68. The molecule has 0 aromatic rings. The van der Waals surface area contributed by atoms with E-state index in [2.05, 4.69) is 31.1 Å². The van der Waals surface area contributed by atoms with Crippen molar-refractivity contribution >= 4 is 5.91 Å². The first-order valence-corrected chi connectivity index (χ1v) is 5.68. The number of carbonyl (C=O) groups excluding carboxylic acids is 1. The summed E-state index contributed by atoms with van der Waals surface area (Å²) in [6.07, 6.45) is 0. The second-order valence-electron chi connectivity index (χ2n) is 4.68. The van der Waals surface area contributed by atoms with Gasteiger partial charge in [-0.25, -0.2) is 5.84 Å². The van der Waals surface area contributed by atoms with Crippen LogP contribution in [0, 0.1) is 11.8 Å². The zero-order valence-electron chi connectivity index (χ0n) is 10.6. The van der Waals surface area contributed by atoms with Gasteiger partial charge in [-0.05, 0) is 18.4 Å². The van der Waals surface area contributed by atoms with Crippen LogP contribution in [-0.2, 0) is 4.79 Å². The number of hydrogen-bond donors (Lipinski definition) is 2. The molecule has 0 aliphatic heterocycles. The molecule has 0 spiro atoms. The van der Waals surface area contributed by atoms with Crippen molar-refractivity contribution in [3.05, 3.63) is 0 Å². The van der Waals surface area contributed by atoms with Gasteiger partial charge in [0.2, 0.25) is 0 Å². The maximum Gasteiger partial charge on any atom is 0.251 e. The smallest absolute Gasteiger partial charge is 0.251 e. The van der Waals surface area contributed by atoms with Crippen LogP contribution in [0.25, 0.3) is 0 Å². The van der Waals surface area contributed by atoms with E-state index in [1.807, 2.05) is 13.8 Å². The first-order valence-electron chi connectivity index (χ1n) is 5.68. The molecule has 0 saturated heterocycles. The molecule has 0 radical (unpaired) electrons. The summed E-state index contributed by atoms with van der Waals surface area (Å²) in [5.74, 6) is 5.94. The van der Waals surface area contributed by atoms with Crippen molar-refractivity contribution in [2.24, 2.45) is 17.7 Å². The third-order valence-electron chi connectivity index (χ3n) is 2.44. The average Bonchev–Trinajstić information content (AvgIpc) is 2.15. The fraction of sp³-hybridized carbons (Fsp3) is 0.909. The zero-order valence-corrected chi connectivity index (χ0v) is 10.6. The molecule has 1 atom stereocenters. The highest BCUT2D eigenvalue weighted by molar-refractivity contribution is 5.81. The van der Waals surface area contributed by atoms with E-state index in [9.17, 15) is 4.79 Å². The number of amides is 1. The van der Waals surface area contributed by atoms with E-state index in [1.54, 1.807) is 0 Å². The van der Waals surface area contributed by atoms with Crippen LogP contribution in [0.1, 0.15) is 34.6 Å². The van der Waals surface area contributed by atoms with Crippen molar-refractivity contribution < 1.29 is 4.79 Å². The number of rotatable bonds is 6. The maximum atomic E-state index is 11.7. The summed E-state index contributed by atoms with van der Waals surface area (Å²) >= 11 is 0. The summed E-state index contributed by atoms with van der Waals surface area (Å²) in [6.45, 7) is 12.3. The molecule has 0 heterocycles. The topological polar surface area (TPSA) is 58.4 Å². The predicted octanol–water partition coefficient (Wildman–Crippen LogP) is 0.979. The van der Waals surface area contributed by atoms with E-state index in [-0.39, 0.29) is 17.9 Å². The first kappa shape index (κ1) is 14.4. The van der Waals surface area contributed by atoms with Crippen molar-refractivity contribution in [1.29, 1.82) is 0 Å². The van der Waals surface area contributed by atoms with Crippen LogP contribution in [0.5, 0.6) is 0 Å². The Balaban J connectivity index is 4.62. The Kier molecular flexibility index (Phi) is 6.52. The monoisotopic (exact) mass is 215 g/mol. The van der Waals surface area contributed by atoms with Crippen LogP contribution in [-0.4, -0.2) is 29.9 Å². The second kappa shape index (κ2) is 6.80. The van der Waals surface area contributed by atoms with Crippen LogP contribution in [0.4, 0.5) is 0 Å². The van der Waals surface area contributed by atoms with Gasteiger partial charge in [0.1, 0.15) is 0 Å². The van der Waals surface area contributed by atoms with Crippen molar-refractivity contribution in [3.8, 4) is 0 Å². The van der Waals surface area contributed by atoms with Crippen LogP contribution >= 0.6 is 0 Å². The van der Waals surface area contributed by atoms with Gasteiger partial charge in [-0.15, -0.1) is 0 Å². The van der Waals surface area contributed by atoms with Gasteiger partial charge < -0.3 is 0 Å². The number of nitrogens with two attached hydrogens (primary N) is 1. The highest BCUT2D eigenvalue weighted by Gasteiger charge is 2.27. The number of hydrogen-bond acceptors (Lipinski definition) is 3. The van der Waals surface area contributed by atoms with Gasteiger partial charge in [0.05, 0.1) is 6.04 Å². The molecule has 0 fully saturated rings. The molecule has 1 unspecified atom stereocenters. The average molecular weight is 215 g/mol. The van der Waals surface area contributed by atoms with Gasteiger partial charge in [0, 0.05) is 6.54 Å². The molecule has 0 bridgehead atoms. The summed E-state index contributed by atoms with van der Waals surface area (Å²) in [5.41, 5.74) is 2.25. The third-order valence-corrected chi connectivity index (χ3v) is 2.44. The Morgan fingerprint density at radius 2 is 1.87 bits per heavy atom. The van der Waals surface area contributed by atoms with Gasteiger partial charge >= 0.3 is 0 Å². The maximum absolute atomic E-state index is 11.7. The fourth-order valence-corrected chi connectivity index (χ4v) is 1.88. The van der Waals surface area contributed by atoms with Gasteiger partial charge in [0.15, 0.2) is 0 Å². The summed E-state index contributed by atoms with van der Waals surface area (Å²) in [6, 6.07) is -0.123. The molecule has 0 rings (SSSR count). The first-order chi connectivity index (χ1) is 6.93. The Labute approximate surface area is 93.2 Å². The van der Waals surface area contributed by atoms with E-state index < -0.39 is 0 Å². The molecule has 15 heavy (non-hydrogen) atoms. The van der Waals surface area contributed by atoms with E-state index >= 15 is 0 Å². The number of nitrogens with zero attached hydrogens (tertiary/aromatic N) is 1. The molecule has 0 aromatic heterocycles. The molecule has 4 heteroatoms. The lowest BCUT2D eigenvalue weighted by molar-refractivity contribution is -0.128.